The van der Waals surface area contributed by atoms with Crippen LogP contribution >= 0.6 is 0 Å². The summed E-state index contributed by atoms with van der Waals surface area (Å²) in [7, 11) is 0. The molecular formula is C10H20N2O2. The van der Waals surface area contributed by atoms with Crippen molar-refractivity contribution in [3.63, 3.8) is 0 Å². The molecular weight excluding hydrogens is 180 g/mol. The van der Waals surface area contributed by atoms with Crippen molar-refractivity contribution in [3.8, 4) is 0 Å². The Morgan fingerprint density at radius 1 is 1.21 bits per heavy atom. The van der Waals surface area contributed by atoms with Crippen LogP contribution in [0.15, 0.2) is 0 Å². The van der Waals surface area contributed by atoms with Gasteiger partial charge < -0.3 is 15.9 Å². The van der Waals surface area contributed by atoms with E-state index < -0.39 is 12.2 Å². The minimum absolute atomic E-state index is 0.415. The number of rotatable bonds is 4. The van der Waals surface area contributed by atoms with Gasteiger partial charge in [0.2, 0.25) is 0 Å². The third-order valence-electron chi connectivity index (χ3n) is 3.53. The van der Waals surface area contributed by atoms with Crippen LogP contribution in [0.25, 0.3) is 0 Å². The zero-order valence-corrected chi connectivity index (χ0v) is 8.52. The van der Waals surface area contributed by atoms with E-state index in [-0.39, 0.29) is 0 Å². The summed E-state index contributed by atoms with van der Waals surface area (Å²) in [6.45, 7) is 2.98. The van der Waals surface area contributed by atoms with Crippen LogP contribution in [0.4, 0.5) is 0 Å². The highest BCUT2D eigenvalue weighted by Gasteiger charge is 2.44. The van der Waals surface area contributed by atoms with Gasteiger partial charge in [-0.15, -0.1) is 0 Å². The van der Waals surface area contributed by atoms with Crippen LogP contribution in [-0.4, -0.2) is 53.5 Å². The predicted octanol–water partition coefficient (Wildman–Crippen LogP) is -0.847. The molecule has 0 spiro atoms. The van der Waals surface area contributed by atoms with Crippen molar-refractivity contribution in [1.82, 2.24) is 4.90 Å². The molecule has 0 radical (unpaired) electrons. The second kappa shape index (κ2) is 3.77. The monoisotopic (exact) mass is 200 g/mol. The molecule has 2 aliphatic rings. The van der Waals surface area contributed by atoms with Crippen molar-refractivity contribution in [3.05, 3.63) is 0 Å². The van der Waals surface area contributed by atoms with Gasteiger partial charge in [-0.05, 0) is 31.2 Å². The van der Waals surface area contributed by atoms with Gasteiger partial charge in [-0.25, -0.2) is 0 Å². The highest BCUT2D eigenvalue weighted by atomic mass is 16.3. The molecule has 0 aromatic rings. The molecule has 82 valence electrons. The molecule has 4 N–H and O–H groups in total. The second-order valence-corrected chi connectivity index (χ2v) is 4.87. The predicted molar refractivity (Wildman–Crippen MR) is 53.8 cm³/mol. The van der Waals surface area contributed by atoms with Crippen LogP contribution in [0.3, 0.4) is 0 Å². The van der Waals surface area contributed by atoms with Gasteiger partial charge in [0.15, 0.2) is 0 Å². The van der Waals surface area contributed by atoms with Gasteiger partial charge in [0.1, 0.15) is 0 Å². The van der Waals surface area contributed by atoms with Crippen LogP contribution in [0.2, 0.25) is 0 Å². The van der Waals surface area contributed by atoms with Crippen molar-refractivity contribution in [2.75, 3.05) is 26.2 Å². The van der Waals surface area contributed by atoms with Crippen LogP contribution in [0, 0.1) is 5.41 Å². The lowest BCUT2D eigenvalue weighted by atomic mass is 10.0. The van der Waals surface area contributed by atoms with E-state index in [1.54, 1.807) is 0 Å². The van der Waals surface area contributed by atoms with Crippen LogP contribution in [0.5, 0.6) is 0 Å². The minimum Gasteiger partial charge on any atom is -0.389 e. The molecule has 2 atom stereocenters. The first-order valence-electron chi connectivity index (χ1n) is 5.44. The summed E-state index contributed by atoms with van der Waals surface area (Å²) in [5.41, 5.74) is 5.98. The van der Waals surface area contributed by atoms with Gasteiger partial charge in [0.25, 0.3) is 0 Å². The standard InChI is InChI=1S/C10H20N2O2/c11-4-3-10(1-2-10)7-12-5-8(13)9(14)6-12/h8-9,13-14H,1-7,11H2. The van der Waals surface area contributed by atoms with Gasteiger partial charge in [-0.1, -0.05) is 0 Å². The first-order valence-corrected chi connectivity index (χ1v) is 5.44. The fourth-order valence-electron chi connectivity index (χ4n) is 2.42. The lowest BCUT2D eigenvalue weighted by molar-refractivity contribution is 0.0572. The maximum Gasteiger partial charge on any atom is 0.0938 e. The van der Waals surface area contributed by atoms with Gasteiger partial charge in [0.05, 0.1) is 12.2 Å². The molecule has 0 bridgehead atoms. The molecule has 1 saturated heterocycles. The van der Waals surface area contributed by atoms with E-state index in [1.165, 1.54) is 12.8 Å². The van der Waals surface area contributed by atoms with Crippen molar-refractivity contribution < 1.29 is 10.2 Å². The van der Waals surface area contributed by atoms with E-state index in [1.807, 2.05) is 0 Å². The summed E-state index contributed by atoms with van der Waals surface area (Å²) < 4.78 is 0. The molecule has 4 heteroatoms. The molecule has 1 aliphatic carbocycles. The van der Waals surface area contributed by atoms with Crippen molar-refractivity contribution in [1.29, 1.82) is 0 Å². The minimum atomic E-state index is -0.552. The average Bonchev–Trinajstić information content (AvgIpc) is 2.77. The zero-order chi connectivity index (χ0) is 10.2. The van der Waals surface area contributed by atoms with Crippen molar-refractivity contribution in [2.45, 2.75) is 31.5 Å². The van der Waals surface area contributed by atoms with Gasteiger partial charge in [0, 0.05) is 19.6 Å². The zero-order valence-electron chi connectivity index (χ0n) is 8.52. The Morgan fingerprint density at radius 3 is 2.21 bits per heavy atom. The van der Waals surface area contributed by atoms with Crippen LogP contribution in [0.1, 0.15) is 19.3 Å². The Bertz CT molecular complexity index is 196. The molecule has 1 aliphatic heterocycles. The number of nitrogens with two attached hydrogens (primary N) is 1. The number of hydrogen-bond acceptors (Lipinski definition) is 4. The second-order valence-electron chi connectivity index (χ2n) is 4.87. The number of hydrogen-bond donors (Lipinski definition) is 3. The Balaban J connectivity index is 1.81. The SMILES string of the molecule is NCCC1(CN2CC(O)C(O)C2)CC1. The molecule has 2 rings (SSSR count). The Labute approximate surface area is 84.7 Å². The van der Waals surface area contributed by atoms with Crippen molar-refractivity contribution >= 4 is 0 Å². The molecule has 1 heterocycles. The molecule has 2 unspecified atom stereocenters. The van der Waals surface area contributed by atoms with E-state index in [4.69, 9.17) is 5.73 Å². The topological polar surface area (TPSA) is 69.7 Å². The average molecular weight is 200 g/mol. The summed E-state index contributed by atoms with van der Waals surface area (Å²) in [5.74, 6) is 0. The Hall–Kier alpha value is -0.160. The Kier molecular flexibility index (Phi) is 2.79. The molecule has 4 nitrogen and oxygen atoms in total. The number of aliphatic hydroxyl groups excluding tert-OH is 2. The van der Waals surface area contributed by atoms with Gasteiger partial charge in [-0.3, -0.25) is 4.90 Å². The van der Waals surface area contributed by atoms with Gasteiger partial charge >= 0.3 is 0 Å². The first kappa shape index (κ1) is 10.4. The third-order valence-corrected chi connectivity index (χ3v) is 3.53. The van der Waals surface area contributed by atoms with Gasteiger partial charge in [-0.2, -0.15) is 0 Å². The summed E-state index contributed by atoms with van der Waals surface area (Å²) in [6.07, 6.45) is 2.49. The highest BCUT2D eigenvalue weighted by molar-refractivity contribution is 4.98. The molecule has 1 saturated carbocycles. The highest BCUT2D eigenvalue weighted by Crippen LogP contribution is 2.49. The summed E-state index contributed by atoms with van der Waals surface area (Å²) in [6, 6.07) is 0. The number of aliphatic hydroxyl groups is 2. The van der Waals surface area contributed by atoms with Crippen molar-refractivity contribution in [2.24, 2.45) is 11.1 Å². The van der Waals surface area contributed by atoms with E-state index in [0.29, 0.717) is 18.5 Å². The quantitative estimate of drug-likeness (QED) is 0.553. The lowest BCUT2D eigenvalue weighted by Gasteiger charge is -2.22. The largest absolute Gasteiger partial charge is 0.389 e. The maximum atomic E-state index is 9.40. The maximum absolute atomic E-state index is 9.40. The molecule has 0 aromatic heterocycles. The Morgan fingerprint density at radius 2 is 1.79 bits per heavy atom. The molecule has 0 aromatic carbocycles. The third kappa shape index (κ3) is 2.08. The van der Waals surface area contributed by atoms with E-state index >= 15 is 0 Å². The summed E-state index contributed by atoms with van der Waals surface area (Å²) in [4.78, 5) is 2.16. The number of likely N-dealkylation sites (tertiary alicyclic amines) is 1. The summed E-state index contributed by atoms with van der Waals surface area (Å²) >= 11 is 0. The van der Waals surface area contributed by atoms with E-state index in [2.05, 4.69) is 4.90 Å². The summed E-state index contributed by atoms with van der Waals surface area (Å²) in [5, 5.41) is 18.8. The lowest BCUT2D eigenvalue weighted by Crippen LogP contribution is -2.30. The van der Waals surface area contributed by atoms with E-state index in [0.717, 1.165) is 19.5 Å². The fourth-order valence-corrected chi connectivity index (χ4v) is 2.42. The normalized spacial score (nSPS) is 36.2. The molecule has 14 heavy (non-hydrogen) atoms. The van der Waals surface area contributed by atoms with Crippen LogP contribution < -0.4 is 5.73 Å². The number of nitrogens with zero attached hydrogens (tertiary/aromatic N) is 1. The first-order chi connectivity index (χ1) is 6.65. The van der Waals surface area contributed by atoms with Crippen LogP contribution in [-0.2, 0) is 0 Å². The number of β-amino-alcohol motifs (C(OH)–C–C–N with tert-alkyl or cyclic N) is 2. The smallest absolute Gasteiger partial charge is 0.0938 e. The molecule has 2 fully saturated rings. The van der Waals surface area contributed by atoms with E-state index in [9.17, 15) is 10.2 Å². The fraction of sp³-hybridized carbons (Fsp3) is 1.00. The molecule has 0 amide bonds.